The van der Waals surface area contributed by atoms with Gasteiger partial charge in [-0.15, -0.1) is 0 Å². The van der Waals surface area contributed by atoms with E-state index in [4.69, 9.17) is 42.1 Å². The molecule has 246 valence electrons. The molecule has 0 aliphatic rings. The van der Waals surface area contributed by atoms with Gasteiger partial charge in [0.2, 0.25) is 11.5 Å². The van der Waals surface area contributed by atoms with E-state index in [1.165, 1.54) is 59.8 Å². The third-order valence-corrected chi connectivity index (χ3v) is 6.66. The standard InChI is InChI=1S/C30H42O13S/c1-19(2)18-41-29(31)20-14-25(37-5)28(39-7)26(17-20)40-12-9-10-22(11-13-42-44(8,33)34)43-30(32)21-15-23(35-3)27(38-6)24(16-21)36-4/h14-17,19,22H,9-13,18H2,1-8H3. The second-order valence-corrected chi connectivity index (χ2v) is 11.6. The summed E-state index contributed by atoms with van der Waals surface area (Å²) in [6.07, 6.45) is 0.961. The third-order valence-electron chi connectivity index (χ3n) is 6.07. The predicted octanol–water partition coefficient (Wildman–Crippen LogP) is 4.29. The van der Waals surface area contributed by atoms with Crippen molar-refractivity contribution in [1.82, 2.24) is 0 Å². The number of methoxy groups -OCH3 is 5. The van der Waals surface area contributed by atoms with E-state index in [0.29, 0.717) is 24.3 Å². The highest BCUT2D eigenvalue weighted by Gasteiger charge is 2.23. The zero-order chi connectivity index (χ0) is 32.9. The lowest BCUT2D eigenvalue weighted by atomic mass is 10.1. The fourth-order valence-electron chi connectivity index (χ4n) is 3.98. The molecule has 0 bridgehead atoms. The molecule has 0 amide bonds. The highest BCUT2D eigenvalue weighted by molar-refractivity contribution is 7.85. The molecular formula is C30H42O13S. The number of hydrogen-bond acceptors (Lipinski definition) is 13. The zero-order valence-corrected chi connectivity index (χ0v) is 27.2. The normalized spacial score (nSPS) is 11.8. The molecule has 44 heavy (non-hydrogen) atoms. The van der Waals surface area contributed by atoms with Gasteiger partial charge in [-0.1, -0.05) is 13.8 Å². The van der Waals surface area contributed by atoms with Crippen LogP contribution < -0.4 is 28.4 Å². The van der Waals surface area contributed by atoms with E-state index in [-0.39, 0.29) is 66.3 Å². The van der Waals surface area contributed by atoms with Crippen molar-refractivity contribution in [2.75, 3.05) is 61.6 Å². The van der Waals surface area contributed by atoms with Crippen molar-refractivity contribution in [1.29, 1.82) is 0 Å². The smallest absolute Gasteiger partial charge is 0.338 e. The van der Waals surface area contributed by atoms with Crippen LogP contribution in [0.25, 0.3) is 0 Å². The second-order valence-electron chi connectivity index (χ2n) is 9.95. The first-order valence-electron chi connectivity index (χ1n) is 13.8. The second kappa shape index (κ2) is 17.4. The topological polar surface area (TPSA) is 151 Å². The monoisotopic (exact) mass is 642 g/mol. The predicted molar refractivity (Wildman–Crippen MR) is 160 cm³/mol. The highest BCUT2D eigenvalue weighted by Crippen LogP contribution is 2.40. The third kappa shape index (κ3) is 11.0. The largest absolute Gasteiger partial charge is 0.493 e. The van der Waals surface area contributed by atoms with E-state index in [2.05, 4.69) is 0 Å². The molecule has 0 saturated carbocycles. The van der Waals surface area contributed by atoms with E-state index in [1.807, 2.05) is 13.8 Å². The van der Waals surface area contributed by atoms with Gasteiger partial charge in [-0.25, -0.2) is 9.59 Å². The molecule has 14 heteroatoms. The molecule has 1 unspecified atom stereocenters. The van der Waals surface area contributed by atoms with Crippen LogP contribution in [0.4, 0.5) is 0 Å². The highest BCUT2D eigenvalue weighted by atomic mass is 32.2. The van der Waals surface area contributed by atoms with E-state index >= 15 is 0 Å². The number of carbonyl (C=O) groups is 2. The number of ether oxygens (including phenoxy) is 8. The van der Waals surface area contributed by atoms with Crippen molar-refractivity contribution in [2.24, 2.45) is 5.92 Å². The first kappa shape index (κ1) is 36.3. The Labute approximate surface area is 258 Å². The molecule has 0 saturated heterocycles. The lowest BCUT2D eigenvalue weighted by Gasteiger charge is -2.20. The van der Waals surface area contributed by atoms with Gasteiger partial charge in [0.05, 0.1) is 72.8 Å². The Balaban J connectivity index is 2.19. The Bertz CT molecular complexity index is 1330. The quantitative estimate of drug-likeness (QED) is 0.122. The van der Waals surface area contributed by atoms with Crippen molar-refractivity contribution >= 4 is 22.1 Å². The molecule has 0 aromatic heterocycles. The van der Waals surface area contributed by atoms with E-state index < -0.39 is 28.2 Å². The van der Waals surface area contributed by atoms with Crippen LogP contribution in [-0.4, -0.2) is 88.1 Å². The number of benzene rings is 2. The molecule has 1 atom stereocenters. The molecule has 0 N–H and O–H groups in total. The summed E-state index contributed by atoms with van der Waals surface area (Å²) in [6.45, 7) is 4.05. The number of carbonyl (C=O) groups excluding carboxylic acids is 2. The van der Waals surface area contributed by atoms with Gasteiger partial charge in [-0.3, -0.25) is 4.18 Å². The first-order chi connectivity index (χ1) is 20.9. The maximum absolute atomic E-state index is 13.1. The van der Waals surface area contributed by atoms with Gasteiger partial charge in [0.15, 0.2) is 23.0 Å². The molecule has 0 fully saturated rings. The average Bonchev–Trinajstić information content (AvgIpc) is 2.99. The molecule has 0 aliphatic heterocycles. The average molecular weight is 643 g/mol. The van der Waals surface area contributed by atoms with Crippen LogP contribution in [0.5, 0.6) is 34.5 Å². The van der Waals surface area contributed by atoms with E-state index in [9.17, 15) is 18.0 Å². The Morgan fingerprint density at radius 1 is 0.705 bits per heavy atom. The summed E-state index contributed by atoms with van der Waals surface area (Å²) < 4.78 is 71.6. The van der Waals surface area contributed by atoms with Crippen LogP contribution in [0.15, 0.2) is 24.3 Å². The SMILES string of the molecule is COc1cc(C(=O)OC(CCCOc2cc(C(=O)OCC(C)C)cc(OC)c2OC)CCOS(C)(=O)=O)cc(OC)c1OC. The summed E-state index contributed by atoms with van der Waals surface area (Å²) in [4.78, 5) is 25.7. The zero-order valence-electron chi connectivity index (χ0n) is 26.4. The van der Waals surface area contributed by atoms with Crippen molar-refractivity contribution in [3.63, 3.8) is 0 Å². The first-order valence-corrected chi connectivity index (χ1v) is 15.6. The molecule has 2 rings (SSSR count). The lowest BCUT2D eigenvalue weighted by Crippen LogP contribution is -2.22. The van der Waals surface area contributed by atoms with Crippen LogP contribution in [0.3, 0.4) is 0 Å². The minimum Gasteiger partial charge on any atom is -0.493 e. The molecule has 0 heterocycles. The molecule has 2 aromatic rings. The fraction of sp³-hybridized carbons (Fsp3) is 0.533. The van der Waals surface area contributed by atoms with Crippen molar-refractivity contribution < 1.29 is 60.1 Å². The van der Waals surface area contributed by atoms with Crippen molar-refractivity contribution in [3.8, 4) is 34.5 Å². The Morgan fingerprint density at radius 3 is 1.68 bits per heavy atom. The number of esters is 2. The van der Waals surface area contributed by atoms with Crippen molar-refractivity contribution in [3.05, 3.63) is 35.4 Å². The maximum atomic E-state index is 13.1. The van der Waals surface area contributed by atoms with Gasteiger partial charge in [-0.05, 0) is 43.0 Å². The summed E-state index contributed by atoms with van der Waals surface area (Å²) in [7, 11) is 3.48. The molecule has 0 spiro atoms. The van der Waals surface area contributed by atoms with Gasteiger partial charge < -0.3 is 37.9 Å². The summed E-state index contributed by atoms with van der Waals surface area (Å²) in [5.74, 6) is 0.626. The van der Waals surface area contributed by atoms with Gasteiger partial charge in [-0.2, -0.15) is 8.42 Å². The fourth-order valence-corrected chi connectivity index (χ4v) is 4.38. The summed E-state index contributed by atoms with van der Waals surface area (Å²) in [5, 5.41) is 0. The molecule has 0 radical (unpaired) electrons. The number of rotatable bonds is 19. The Hall–Kier alpha value is -3.91. The van der Waals surface area contributed by atoms with E-state index in [1.54, 1.807) is 0 Å². The summed E-state index contributed by atoms with van der Waals surface area (Å²) in [6, 6.07) is 5.92. The number of hydrogen-bond donors (Lipinski definition) is 0. The molecule has 2 aromatic carbocycles. The molecular weight excluding hydrogens is 600 g/mol. The van der Waals surface area contributed by atoms with E-state index in [0.717, 1.165) is 6.26 Å². The van der Waals surface area contributed by atoms with Crippen LogP contribution in [0, 0.1) is 5.92 Å². The van der Waals surface area contributed by atoms with Gasteiger partial charge >= 0.3 is 11.9 Å². The van der Waals surface area contributed by atoms with Crippen LogP contribution in [-0.2, 0) is 23.8 Å². The maximum Gasteiger partial charge on any atom is 0.338 e. The van der Waals surface area contributed by atoms with Gasteiger partial charge in [0.1, 0.15) is 6.10 Å². The Kier molecular flexibility index (Phi) is 14.3. The minimum absolute atomic E-state index is 0.0948. The molecule has 13 nitrogen and oxygen atoms in total. The van der Waals surface area contributed by atoms with Crippen LogP contribution in [0.1, 0.15) is 53.8 Å². The van der Waals surface area contributed by atoms with Gasteiger partial charge in [0.25, 0.3) is 10.1 Å². The van der Waals surface area contributed by atoms with Crippen LogP contribution in [0.2, 0.25) is 0 Å². The summed E-state index contributed by atoms with van der Waals surface area (Å²) >= 11 is 0. The Morgan fingerprint density at radius 2 is 1.20 bits per heavy atom. The summed E-state index contributed by atoms with van der Waals surface area (Å²) in [5.41, 5.74) is 0.371. The van der Waals surface area contributed by atoms with Crippen molar-refractivity contribution in [2.45, 2.75) is 39.2 Å². The lowest BCUT2D eigenvalue weighted by molar-refractivity contribution is 0.0217. The minimum atomic E-state index is -3.70. The van der Waals surface area contributed by atoms with Gasteiger partial charge in [0, 0.05) is 6.42 Å². The van der Waals surface area contributed by atoms with Crippen LogP contribution >= 0.6 is 0 Å². The molecule has 0 aliphatic carbocycles.